The van der Waals surface area contributed by atoms with Gasteiger partial charge in [-0.05, 0) is 18.6 Å². The number of hydrogen-bond donors (Lipinski definition) is 0. The van der Waals surface area contributed by atoms with E-state index >= 15 is 0 Å². The zero-order valence-electron chi connectivity index (χ0n) is 7.33. The Bertz CT molecular complexity index is 402. The fourth-order valence-electron chi connectivity index (χ4n) is 0.948. The first kappa shape index (κ1) is 10.3. The van der Waals surface area contributed by atoms with E-state index in [1.807, 2.05) is 0 Å². The van der Waals surface area contributed by atoms with Gasteiger partial charge >= 0.3 is 0 Å². The van der Waals surface area contributed by atoms with Crippen molar-refractivity contribution in [2.24, 2.45) is 0 Å². The van der Waals surface area contributed by atoms with Gasteiger partial charge in [-0.1, -0.05) is 0 Å². The summed E-state index contributed by atoms with van der Waals surface area (Å²) in [5.74, 6) is -1.48. The highest BCUT2D eigenvalue weighted by Gasteiger charge is 2.05. The number of aryl methyl sites for hydroxylation is 1. The van der Waals surface area contributed by atoms with E-state index in [1.54, 1.807) is 0 Å². The summed E-state index contributed by atoms with van der Waals surface area (Å²) in [6.07, 6.45) is 1.59. The Kier molecular flexibility index (Phi) is 2.91. The third-order valence-corrected chi connectivity index (χ3v) is 1.65. The van der Waals surface area contributed by atoms with Crippen LogP contribution in [0.2, 0.25) is 0 Å². The second-order valence-electron chi connectivity index (χ2n) is 2.72. The number of benzene rings is 1. The van der Waals surface area contributed by atoms with Gasteiger partial charge in [0.05, 0.1) is 4.92 Å². The van der Waals surface area contributed by atoms with Crippen LogP contribution in [0.4, 0.5) is 8.78 Å². The highest BCUT2D eigenvalue weighted by molar-refractivity contribution is 5.50. The van der Waals surface area contributed by atoms with Crippen molar-refractivity contribution in [2.75, 3.05) is 0 Å². The zero-order valence-corrected chi connectivity index (χ0v) is 7.33. The Morgan fingerprint density at radius 3 is 2.57 bits per heavy atom. The Labute approximate surface area is 78.8 Å². The molecule has 0 saturated heterocycles. The van der Waals surface area contributed by atoms with E-state index < -0.39 is 16.6 Å². The maximum Gasteiger partial charge on any atom is 0.235 e. The van der Waals surface area contributed by atoms with Gasteiger partial charge in [0.1, 0.15) is 11.6 Å². The van der Waals surface area contributed by atoms with Crippen molar-refractivity contribution in [2.45, 2.75) is 6.92 Å². The molecule has 0 radical (unpaired) electrons. The largest absolute Gasteiger partial charge is 0.259 e. The van der Waals surface area contributed by atoms with E-state index in [2.05, 4.69) is 0 Å². The molecule has 0 aliphatic heterocycles. The van der Waals surface area contributed by atoms with Crippen molar-refractivity contribution in [3.05, 3.63) is 51.2 Å². The van der Waals surface area contributed by atoms with Crippen LogP contribution in [0.3, 0.4) is 0 Å². The average Bonchev–Trinajstić information content (AvgIpc) is 2.09. The SMILES string of the molecule is Cc1cc(/C=C/[N+](=O)[O-])c(F)cc1F. The molecule has 0 unspecified atom stereocenters. The van der Waals surface area contributed by atoms with Crippen LogP contribution in [0.5, 0.6) is 0 Å². The van der Waals surface area contributed by atoms with Crippen molar-refractivity contribution >= 4 is 6.08 Å². The molecule has 0 spiro atoms. The summed E-state index contributed by atoms with van der Waals surface area (Å²) in [6, 6.07) is 1.92. The summed E-state index contributed by atoms with van der Waals surface area (Å²) in [7, 11) is 0. The lowest BCUT2D eigenvalue weighted by Gasteiger charge is -1.99. The molecule has 1 aromatic rings. The monoisotopic (exact) mass is 199 g/mol. The van der Waals surface area contributed by atoms with Crippen LogP contribution < -0.4 is 0 Å². The molecule has 0 N–H and O–H groups in total. The second-order valence-corrected chi connectivity index (χ2v) is 2.72. The average molecular weight is 199 g/mol. The molecule has 1 rings (SSSR count). The van der Waals surface area contributed by atoms with Crippen LogP contribution in [-0.4, -0.2) is 4.92 Å². The van der Waals surface area contributed by atoms with Gasteiger partial charge in [0.25, 0.3) is 0 Å². The molecule has 0 saturated carbocycles. The first-order chi connectivity index (χ1) is 6.50. The number of halogens is 2. The highest BCUT2D eigenvalue weighted by atomic mass is 19.1. The van der Waals surface area contributed by atoms with Crippen molar-refractivity contribution in [1.82, 2.24) is 0 Å². The summed E-state index contributed by atoms with van der Waals surface area (Å²) in [5.41, 5.74) is 0.245. The first-order valence-corrected chi connectivity index (χ1v) is 3.78. The lowest BCUT2D eigenvalue weighted by atomic mass is 10.1. The fraction of sp³-hybridized carbons (Fsp3) is 0.111. The molecular weight excluding hydrogens is 192 g/mol. The molecule has 0 aromatic heterocycles. The number of nitrogens with zero attached hydrogens (tertiary/aromatic N) is 1. The molecule has 0 aliphatic rings. The van der Waals surface area contributed by atoms with E-state index in [9.17, 15) is 18.9 Å². The van der Waals surface area contributed by atoms with E-state index in [0.717, 1.165) is 6.08 Å². The minimum atomic E-state index is -0.814. The summed E-state index contributed by atoms with van der Waals surface area (Å²) in [6.45, 7) is 1.46. The molecule has 0 aliphatic carbocycles. The van der Waals surface area contributed by atoms with Crippen molar-refractivity contribution < 1.29 is 13.7 Å². The Morgan fingerprint density at radius 1 is 1.36 bits per heavy atom. The van der Waals surface area contributed by atoms with Gasteiger partial charge in [-0.2, -0.15) is 0 Å². The van der Waals surface area contributed by atoms with Crippen LogP contribution in [-0.2, 0) is 0 Å². The van der Waals surface area contributed by atoms with Crippen LogP contribution in [0.1, 0.15) is 11.1 Å². The van der Waals surface area contributed by atoms with E-state index in [-0.39, 0.29) is 11.1 Å². The molecular formula is C9H7F2NO2. The topological polar surface area (TPSA) is 43.1 Å². The van der Waals surface area contributed by atoms with Crippen LogP contribution in [0.15, 0.2) is 18.3 Å². The minimum Gasteiger partial charge on any atom is -0.259 e. The Hall–Kier alpha value is -1.78. The van der Waals surface area contributed by atoms with Gasteiger partial charge in [0.15, 0.2) is 0 Å². The Balaban J connectivity index is 3.10. The maximum atomic E-state index is 13.0. The maximum absolute atomic E-state index is 13.0. The summed E-state index contributed by atoms with van der Waals surface area (Å²) in [5, 5.41) is 9.96. The lowest BCUT2D eigenvalue weighted by molar-refractivity contribution is -0.400. The van der Waals surface area contributed by atoms with Crippen molar-refractivity contribution in [3.8, 4) is 0 Å². The molecule has 74 valence electrons. The molecule has 0 amide bonds. The smallest absolute Gasteiger partial charge is 0.235 e. The predicted octanol–water partition coefficient (Wildman–Crippen LogP) is 2.52. The second kappa shape index (κ2) is 3.95. The molecule has 0 bridgehead atoms. The van der Waals surface area contributed by atoms with Gasteiger partial charge in [-0.25, -0.2) is 8.78 Å². The quantitative estimate of drug-likeness (QED) is 0.542. The number of rotatable bonds is 2. The first-order valence-electron chi connectivity index (χ1n) is 3.78. The normalized spacial score (nSPS) is 10.8. The summed E-state index contributed by atoms with van der Waals surface area (Å²) >= 11 is 0. The molecule has 0 fully saturated rings. The summed E-state index contributed by atoms with van der Waals surface area (Å²) < 4.78 is 25.7. The third kappa shape index (κ3) is 2.35. The predicted molar refractivity (Wildman–Crippen MR) is 47.1 cm³/mol. The third-order valence-electron chi connectivity index (χ3n) is 1.65. The molecule has 0 atom stereocenters. The fourth-order valence-corrected chi connectivity index (χ4v) is 0.948. The molecule has 0 heterocycles. The van der Waals surface area contributed by atoms with Gasteiger partial charge in [0.2, 0.25) is 6.20 Å². The number of nitro groups is 1. The van der Waals surface area contributed by atoms with Gasteiger partial charge in [0, 0.05) is 17.7 Å². The summed E-state index contributed by atoms with van der Waals surface area (Å²) in [4.78, 5) is 9.25. The van der Waals surface area contributed by atoms with Crippen LogP contribution in [0.25, 0.3) is 6.08 Å². The molecule has 14 heavy (non-hydrogen) atoms. The lowest BCUT2D eigenvalue weighted by Crippen LogP contribution is -1.90. The van der Waals surface area contributed by atoms with Gasteiger partial charge < -0.3 is 0 Å². The van der Waals surface area contributed by atoms with E-state index in [0.29, 0.717) is 12.3 Å². The van der Waals surface area contributed by atoms with Crippen LogP contribution in [0, 0.1) is 28.7 Å². The van der Waals surface area contributed by atoms with Crippen molar-refractivity contribution in [1.29, 1.82) is 0 Å². The minimum absolute atomic E-state index is 0.000556. The van der Waals surface area contributed by atoms with E-state index in [1.165, 1.54) is 13.0 Å². The number of hydrogen-bond acceptors (Lipinski definition) is 2. The van der Waals surface area contributed by atoms with E-state index in [4.69, 9.17) is 0 Å². The zero-order chi connectivity index (χ0) is 10.7. The highest BCUT2D eigenvalue weighted by Crippen LogP contribution is 2.15. The van der Waals surface area contributed by atoms with Crippen LogP contribution >= 0.6 is 0 Å². The van der Waals surface area contributed by atoms with Crippen molar-refractivity contribution in [3.63, 3.8) is 0 Å². The Morgan fingerprint density at radius 2 is 2.00 bits per heavy atom. The molecule has 1 aromatic carbocycles. The molecule has 3 nitrogen and oxygen atoms in total. The van der Waals surface area contributed by atoms with Gasteiger partial charge in [-0.15, -0.1) is 0 Å². The van der Waals surface area contributed by atoms with Gasteiger partial charge in [-0.3, -0.25) is 10.1 Å². The standard InChI is InChI=1S/C9H7F2NO2/c1-6-4-7(2-3-12(13)14)9(11)5-8(6)10/h2-5H,1H3/b3-2+. The molecule has 5 heteroatoms.